The number of nitrogen functional groups attached to an aromatic ring is 1. The number of benzene rings is 2. The summed E-state index contributed by atoms with van der Waals surface area (Å²) < 4.78 is 41.5. The molecule has 0 atom stereocenters. The predicted molar refractivity (Wildman–Crippen MR) is 130 cm³/mol. The molecule has 0 spiro atoms. The van der Waals surface area contributed by atoms with Crippen molar-refractivity contribution in [3.05, 3.63) is 83.6 Å². The van der Waals surface area contributed by atoms with Crippen molar-refractivity contribution in [3.8, 4) is 0 Å². The number of rotatable bonds is 6. The van der Waals surface area contributed by atoms with Crippen LogP contribution in [-0.2, 0) is 0 Å². The molecule has 0 aliphatic heterocycles. The third kappa shape index (κ3) is 7.03. The van der Waals surface area contributed by atoms with Gasteiger partial charge in [0.2, 0.25) is 5.95 Å². The number of hydrogen-bond donors (Lipinski definition) is 5. The maximum Gasteiger partial charge on any atom is 0.323 e. The maximum absolute atomic E-state index is 14.5. The van der Waals surface area contributed by atoms with Gasteiger partial charge in [-0.05, 0) is 62.7 Å². The van der Waals surface area contributed by atoms with E-state index in [0.29, 0.717) is 6.07 Å². The Hall–Kier alpha value is -4.41. The van der Waals surface area contributed by atoms with E-state index in [1.54, 1.807) is 6.20 Å². The van der Waals surface area contributed by atoms with Crippen LogP contribution in [0.3, 0.4) is 0 Å². The molecule has 8 nitrogen and oxygen atoms in total. The van der Waals surface area contributed by atoms with Crippen molar-refractivity contribution in [2.24, 2.45) is 0 Å². The minimum absolute atomic E-state index is 0.0262. The average Bonchev–Trinajstić information content (AvgIpc) is 2.74. The van der Waals surface area contributed by atoms with Crippen molar-refractivity contribution in [2.75, 3.05) is 16.4 Å². The molecule has 0 saturated carbocycles. The molecule has 1 aromatic heterocycles. The summed E-state index contributed by atoms with van der Waals surface area (Å²) in [7, 11) is 0. The number of nitrogens with one attached hydrogen (secondary N) is 4. The van der Waals surface area contributed by atoms with E-state index in [9.17, 15) is 18.0 Å². The molecule has 0 radical (unpaired) electrons. The molecular weight excluding hydrogens is 459 g/mol. The lowest BCUT2D eigenvalue weighted by Crippen LogP contribution is -2.32. The monoisotopic (exact) mass is 483 g/mol. The van der Waals surface area contributed by atoms with Crippen LogP contribution in [-0.4, -0.2) is 27.2 Å². The Kier molecular flexibility index (Phi) is 7.38. The van der Waals surface area contributed by atoms with E-state index in [0.717, 1.165) is 18.2 Å². The van der Waals surface area contributed by atoms with Crippen LogP contribution in [0, 0.1) is 22.9 Å². The molecule has 3 rings (SSSR count). The zero-order chi connectivity index (χ0) is 25.8. The highest BCUT2D eigenvalue weighted by atomic mass is 19.1. The topological polar surface area (TPSA) is 129 Å². The molecule has 0 unspecified atom stereocenters. The van der Waals surface area contributed by atoms with Crippen LogP contribution in [0.25, 0.3) is 5.57 Å². The van der Waals surface area contributed by atoms with Crippen LogP contribution in [0.2, 0.25) is 0 Å². The first-order chi connectivity index (χ1) is 16.4. The van der Waals surface area contributed by atoms with Gasteiger partial charge in [-0.25, -0.2) is 27.9 Å². The Morgan fingerprint density at radius 3 is 2.43 bits per heavy atom. The fraction of sp³-hybridized carbons (Fsp3) is 0.167. The molecule has 0 aliphatic carbocycles. The second-order valence-corrected chi connectivity index (χ2v) is 8.56. The molecule has 2 aromatic carbocycles. The van der Waals surface area contributed by atoms with Gasteiger partial charge in [0, 0.05) is 35.3 Å². The van der Waals surface area contributed by atoms with Crippen LogP contribution < -0.4 is 21.7 Å². The molecular formula is C24H24F3N7O. The Balaban J connectivity index is 1.93. The molecule has 182 valence electrons. The molecule has 1 heterocycles. The van der Waals surface area contributed by atoms with E-state index in [4.69, 9.17) is 11.1 Å². The third-order valence-corrected chi connectivity index (χ3v) is 4.50. The number of aromatic nitrogens is 2. The number of hydrogen-bond acceptors (Lipinski definition) is 6. The predicted octanol–water partition coefficient (Wildman–Crippen LogP) is 4.92. The van der Waals surface area contributed by atoms with Gasteiger partial charge in [-0.3, -0.25) is 5.41 Å². The molecule has 3 aromatic rings. The van der Waals surface area contributed by atoms with Crippen LogP contribution in [0.15, 0.2) is 54.9 Å². The summed E-state index contributed by atoms with van der Waals surface area (Å²) in [6, 6.07) is 7.00. The Morgan fingerprint density at radius 2 is 1.77 bits per heavy atom. The number of anilines is 3. The van der Waals surface area contributed by atoms with Crippen LogP contribution in [0.1, 0.15) is 32.0 Å². The second-order valence-electron chi connectivity index (χ2n) is 8.56. The van der Waals surface area contributed by atoms with E-state index >= 15 is 0 Å². The van der Waals surface area contributed by atoms with Crippen molar-refractivity contribution in [2.45, 2.75) is 26.3 Å². The number of carbonyl (C=O) groups excluding carboxylic acids is 1. The molecule has 11 heteroatoms. The number of nitrogens with zero attached hydrogens (tertiary/aromatic N) is 2. The normalized spacial score (nSPS) is 11.7. The van der Waals surface area contributed by atoms with Gasteiger partial charge in [0.25, 0.3) is 0 Å². The Bertz CT molecular complexity index is 1300. The van der Waals surface area contributed by atoms with E-state index in [1.807, 2.05) is 20.8 Å². The van der Waals surface area contributed by atoms with Gasteiger partial charge < -0.3 is 21.7 Å². The van der Waals surface area contributed by atoms with Crippen molar-refractivity contribution in [1.29, 1.82) is 5.41 Å². The number of carbonyl (C=O) groups is 1. The zero-order valence-electron chi connectivity index (χ0n) is 19.2. The Labute approximate surface area is 200 Å². The summed E-state index contributed by atoms with van der Waals surface area (Å²) in [6.45, 7) is 5.72. The fourth-order valence-corrected chi connectivity index (χ4v) is 2.93. The van der Waals surface area contributed by atoms with Gasteiger partial charge in [-0.2, -0.15) is 0 Å². The summed E-state index contributed by atoms with van der Waals surface area (Å²) in [5.41, 5.74) is 5.74. The SMILES string of the molecule is CC(C)(C)N/C=C(\C(=N)c1ccnc(N)n1)c1cc(F)cc(NC(=O)Nc2ccc(F)cc2F)c1. The highest BCUT2D eigenvalue weighted by molar-refractivity contribution is 6.29. The smallest absolute Gasteiger partial charge is 0.323 e. The Morgan fingerprint density at radius 1 is 1.03 bits per heavy atom. The lowest BCUT2D eigenvalue weighted by atomic mass is 9.98. The number of nitrogens with two attached hydrogens (primary N) is 1. The van der Waals surface area contributed by atoms with Crippen molar-refractivity contribution >= 4 is 34.6 Å². The number of amides is 2. The van der Waals surface area contributed by atoms with Crippen molar-refractivity contribution in [1.82, 2.24) is 15.3 Å². The summed E-state index contributed by atoms with van der Waals surface area (Å²) in [6.07, 6.45) is 2.95. The first-order valence-corrected chi connectivity index (χ1v) is 10.4. The zero-order valence-corrected chi connectivity index (χ0v) is 19.2. The number of urea groups is 1. The van der Waals surface area contributed by atoms with Gasteiger partial charge in [0.15, 0.2) is 0 Å². The van der Waals surface area contributed by atoms with Gasteiger partial charge in [-0.15, -0.1) is 0 Å². The molecule has 6 N–H and O–H groups in total. The van der Waals surface area contributed by atoms with E-state index in [-0.39, 0.29) is 45.4 Å². The number of halogens is 3. The quantitative estimate of drug-likeness (QED) is 0.318. The lowest BCUT2D eigenvalue weighted by molar-refractivity contribution is 0.262. The highest BCUT2D eigenvalue weighted by Gasteiger charge is 2.17. The van der Waals surface area contributed by atoms with Gasteiger partial charge in [0.05, 0.1) is 17.1 Å². The molecule has 0 aliphatic rings. The maximum atomic E-state index is 14.5. The summed E-state index contributed by atoms with van der Waals surface area (Å²) >= 11 is 0. The van der Waals surface area contributed by atoms with Crippen molar-refractivity contribution in [3.63, 3.8) is 0 Å². The average molecular weight is 483 g/mol. The van der Waals surface area contributed by atoms with E-state index in [2.05, 4.69) is 25.9 Å². The summed E-state index contributed by atoms with van der Waals surface area (Å²) in [5, 5.41) is 16.4. The first-order valence-electron chi connectivity index (χ1n) is 10.4. The van der Waals surface area contributed by atoms with Crippen LogP contribution in [0.4, 0.5) is 35.3 Å². The van der Waals surface area contributed by atoms with Crippen molar-refractivity contribution < 1.29 is 18.0 Å². The minimum Gasteiger partial charge on any atom is -0.386 e. The van der Waals surface area contributed by atoms with Crippen LogP contribution in [0.5, 0.6) is 0 Å². The van der Waals surface area contributed by atoms with E-state index in [1.165, 1.54) is 24.4 Å². The summed E-state index contributed by atoms with van der Waals surface area (Å²) in [4.78, 5) is 20.2. The minimum atomic E-state index is -0.962. The highest BCUT2D eigenvalue weighted by Crippen LogP contribution is 2.25. The molecule has 0 bridgehead atoms. The van der Waals surface area contributed by atoms with Gasteiger partial charge in [0.1, 0.15) is 17.5 Å². The van der Waals surface area contributed by atoms with Crippen LogP contribution >= 0.6 is 0 Å². The second kappa shape index (κ2) is 10.2. The standard InChI is InChI=1S/C24H24F3N7O/c1-24(2,3)31-12-17(21(28)20-6-7-30-22(29)33-20)13-8-15(26)10-16(9-13)32-23(35)34-19-5-4-14(25)11-18(19)27/h4-12,28,31H,1-3H3,(H2,29,30,33)(H2,32,34,35)/b17-12-,28-21?. The van der Waals surface area contributed by atoms with Gasteiger partial charge in [-0.1, -0.05) is 0 Å². The fourth-order valence-electron chi connectivity index (χ4n) is 2.93. The van der Waals surface area contributed by atoms with Gasteiger partial charge >= 0.3 is 6.03 Å². The molecule has 35 heavy (non-hydrogen) atoms. The third-order valence-electron chi connectivity index (χ3n) is 4.50. The largest absolute Gasteiger partial charge is 0.386 e. The van der Waals surface area contributed by atoms with E-state index < -0.39 is 23.5 Å². The molecule has 0 saturated heterocycles. The summed E-state index contributed by atoms with van der Waals surface area (Å²) in [5.74, 6) is -2.47. The first kappa shape index (κ1) is 25.2. The molecule has 2 amide bonds. The lowest BCUT2D eigenvalue weighted by Gasteiger charge is -2.21. The number of allylic oxidation sites excluding steroid dienone is 1. The molecule has 0 fully saturated rings.